The molecule has 5 rings (SSSR count). The minimum atomic E-state index is 0.438. The van der Waals surface area contributed by atoms with Crippen LogP contribution in [0.5, 0.6) is 5.75 Å². The second-order valence-corrected chi connectivity index (χ2v) is 9.42. The fourth-order valence-corrected chi connectivity index (χ4v) is 5.25. The van der Waals surface area contributed by atoms with Crippen molar-refractivity contribution >= 4 is 33.5 Å². The van der Waals surface area contributed by atoms with Crippen molar-refractivity contribution in [2.75, 3.05) is 32.1 Å². The molecule has 0 radical (unpaired) electrons. The number of para-hydroxylation sites is 2. The predicted octanol–water partition coefficient (Wildman–Crippen LogP) is 5.11. The Balaban J connectivity index is 1.35. The monoisotopic (exact) mass is 432 g/mol. The maximum atomic E-state index is 5.27. The molecular formula is C25H28N4OS. The standard InChI is InChI=1S/C25H28N4OS/c1-17-15-21-24(27-22-5-3-4-6-23(22)28-25(21)31-17)29-14-13-26-19(16-29)10-7-18-8-11-20(30-2)12-9-18/h3-6,8-9,11-12,15,19,26,28H,7,10,13-14,16H2,1-2H3/t19-/m0/s1. The van der Waals surface area contributed by atoms with Gasteiger partial charge in [0.25, 0.3) is 0 Å². The Morgan fingerprint density at radius 1 is 1.16 bits per heavy atom. The molecule has 31 heavy (non-hydrogen) atoms. The van der Waals surface area contributed by atoms with Crippen LogP contribution in [0.2, 0.25) is 0 Å². The Morgan fingerprint density at radius 2 is 2.00 bits per heavy atom. The molecule has 5 nitrogen and oxygen atoms in total. The van der Waals surface area contributed by atoms with Gasteiger partial charge in [-0.05, 0) is 55.7 Å². The zero-order chi connectivity index (χ0) is 21.2. The second-order valence-electron chi connectivity index (χ2n) is 8.16. The summed E-state index contributed by atoms with van der Waals surface area (Å²) in [6.07, 6.45) is 2.15. The average molecular weight is 433 g/mol. The maximum absolute atomic E-state index is 5.27. The lowest BCUT2D eigenvalue weighted by atomic mass is 10.0. The maximum Gasteiger partial charge on any atom is 0.139 e. The number of benzene rings is 2. The molecule has 1 fully saturated rings. The summed E-state index contributed by atoms with van der Waals surface area (Å²) in [5.74, 6) is 2.00. The van der Waals surface area contributed by atoms with Gasteiger partial charge in [0.1, 0.15) is 16.6 Å². The second kappa shape index (κ2) is 8.73. The molecule has 1 atom stereocenters. The number of thiophene rings is 1. The summed E-state index contributed by atoms with van der Waals surface area (Å²) in [6, 6.07) is 19.4. The van der Waals surface area contributed by atoms with Gasteiger partial charge in [-0.1, -0.05) is 24.3 Å². The Bertz CT molecular complexity index is 1090. The van der Waals surface area contributed by atoms with E-state index in [-0.39, 0.29) is 0 Å². The van der Waals surface area contributed by atoms with Gasteiger partial charge in [0.2, 0.25) is 0 Å². The van der Waals surface area contributed by atoms with Gasteiger partial charge in [0.15, 0.2) is 0 Å². The van der Waals surface area contributed by atoms with E-state index in [0.717, 1.165) is 55.4 Å². The van der Waals surface area contributed by atoms with E-state index in [1.54, 1.807) is 18.4 Å². The van der Waals surface area contributed by atoms with E-state index in [1.807, 2.05) is 12.1 Å². The molecular weight excluding hydrogens is 404 g/mol. The predicted molar refractivity (Wildman–Crippen MR) is 130 cm³/mol. The number of nitrogens with zero attached hydrogens (tertiary/aromatic N) is 2. The third kappa shape index (κ3) is 4.31. The van der Waals surface area contributed by atoms with Gasteiger partial charge in [-0.25, -0.2) is 4.99 Å². The Hall–Kier alpha value is -2.83. The fraction of sp³-hybridized carbons (Fsp3) is 0.320. The van der Waals surface area contributed by atoms with Crippen molar-refractivity contribution in [1.29, 1.82) is 0 Å². The van der Waals surface area contributed by atoms with Crippen LogP contribution in [-0.2, 0) is 6.42 Å². The molecule has 2 aliphatic heterocycles. The molecule has 2 aliphatic rings. The number of fused-ring (bicyclic) bond motifs is 2. The van der Waals surface area contributed by atoms with Gasteiger partial charge in [0.05, 0.1) is 24.0 Å². The Labute approximate surface area is 187 Å². The number of piperazine rings is 1. The van der Waals surface area contributed by atoms with Crippen LogP contribution in [0.3, 0.4) is 0 Å². The lowest BCUT2D eigenvalue weighted by molar-refractivity contribution is 0.282. The van der Waals surface area contributed by atoms with Crippen LogP contribution in [0, 0.1) is 6.92 Å². The molecule has 160 valence electrons. The van der Waals surface area contributed by atoms with Crippen LogP contribution in [-0.4, -0.2) is 43.5 Å². The summed E-state index contributed by atoms with van der Waals surface area (Å²) in [7, 11) is 1.71. The van der Waals surface area contributed by atoms with Crippen LogP contribution in [0.25, 0.3) is 0 Å². The van der Waals surface area contributed by atoms with Crippen molar-refractivity contribution in [3.8, 4) is 5.75 Å². The number of aliphatic imine (C=N–C) groups is 1. The van der Waals surface area contributed by atoms with Gasteiger partial charge < -0.3 is 20.3 Å². The van der Waals surface area contributed by atoms with Crippen LogP contribution in [0.4, 0.5) is 16.4 Å². The normalized spacial score (nSPS) is 17.8. The Kier molecular flexibility index (Phi) is 5.66. The molecule has 6 heteroatoms. The largest absolute Gasteiger partial charge is 0.497 e. The number of hydrogen-bond donors (Lipinski definition) is 2. The van der Waals surface area contributed by atoms with Crippen LogP contribution in [0.15, 0.2) is 59.6 Å². The van der Waals surface area contributed by atoms with Crippen molar-refractivity contribution in [3.05, 3.63) is 70.6 Å². The van der Waals surface area contributed by atoms with Gasteiger partial charge in [-0.15, -0.1) is 11.3 Å². The number of hydrogen-bond acceptors (Lipinski definition) is 6. The number of methoxy groups -OCH3 is 1. The first kappa shape index (κ1) is 20.1. The first-order chi connectivity index (χ1) is 15.2. The number of aryl methyl sites for hydroxylation is 2. The van der Waals surface area contributed by atoms with E-state index < -0.39 is 0 Å². The number of amidine groups is 1. The van der Waals surface area contributed by atoms with Crippen LogP contribution < -0.4 is 15.4 Å². The summed E-state index contributed by atoms with van der Waals surface area (Å²) in [6.45, 7) is 5.07. The highest BCUT2D eigenvalue weighted by molar-refractivity contribution is 7.16. The SMILES string of the molecule is COc1ccc(CC[C@H]2CN(C3=Nc4ccccc4Nc4sc(C)cc43)CCN2)cc1. The molecule has 2 N–H and O–H groups in total. The molecule has 1 aromatic heterocycles. The van der Waals surface area contributed by atoms with Gasteiger partial charge in [-0.2, -0.15) is 0 Å². The van der Waals surface area contributed by atoms with Gasteiger partial charge in [0, 0.05) is 30.6 Å². The third-order valence-corrected chi connectivity index (χ3v) is 6.94. The van der Waals surface area contributed by atoms with Gasteiger partial charge >= 0.3 is 0 Å². The minimum Gasteiger partial charge on any atom is -0.497 e. The van der Waals surface area contributed by atoms with E-state index in [2.05, 4.69) is 64.9 Å². The molecule has 0 bridgehead atoms. The summed E-state index contributed by atoms with van der Waals surface area (Å²) in [5, 5.41) is 8.51. The smallest absolute Gasteiger partial charge is 0.139 e. The van der Waals surface area contributed by atoms with Crippen molar-refractivity contribution in [2.45, 2.75) is 25.8 Å². The summed E-state index contributed by atoms with van der Waals surface area (Å²) in [4.78, 5) is 8.90. The Morgan fingerprint density at radius 3 is 2.84 bits per heavy atom. The molecule has 0 saturated carbocycles. The molecule has 2 aromatic carbocycles. The quantitative estimate of drug-likeness (QED) is 0.602. The number of rotatable bonds is 4. The van der Waals surface area contributed by atoms with Crippen LogP contribution in [0.1, 0.15) is 22.4 Å². The number of nitrogens with one attached hydrogen (secondary N) is 2. The van der Waals surface area contributed by atoms with E-state index >= 15 is 0 Å². The van der Waals surface area contributed by atoms with Crippen molar-refractivity contribution < 1.29 is 4.74 Å². The highest BCUT2D eigenvalue weighted by atomic mass is 32.1. The van der Waals surface area contributed by atoms with Crippen molar-refractivity contribution in [2.24, 2.45) is 4.99 Å². The zero-order valence-corrected chi connectivity index (χ0v) is 18.8. The average Bonchev–Trinajstić information content (AvgIpc) is 3.09. The highest BCUT2D eigenvalue weighted by Gasteiger charge is 2.27. The summed E-state index contributed by atoms with van der Waals surface area (Å²) >= 11 is 1.80. The topological polar surface area (TPSA) is 48.9 Å². The lowest BCUT2D eigenvalue weighted by Gasteiger charge is -2.36. The van der Waals surface area contributed by atoms with Crippen LogP contribution >= 0.6 is 11.3 Å². The minimum absolute atomic E-state index is 0.438. The molecule has 3 aromatic rings. The first-order valence-corrected chi connectivity index (χ1v) is 11.7. The summed E-state index contributed by atoms with van der Waals surface area (Å²) < 4.78 is 5.27. The van der Waals surface area contributed by atoms with E-state index in [1.165, 1.54) is 21.0 Å². The molecule has 3 heterocycles. The molecule has 1 saturated heterocycles. The number of anilines is 2. The van der Waals surface area contributed by atoms with E-state index in [0.29, 0.717) is 6.04 Å². The zero-order valence-electron chi connectivity index (χ0n) is 18.0. The number of ether oxygens (including phenoxy) is 1. The summed E-state index contributed by atoms with van der Waals surface area (Å²) in [5.41, 5.74) is 4.65. The van der Waals surface area contributed by atoms with Crippen molar-refractivity contribution in [1.82, 2.24) is 10.2 Å². The molecule has 0 unspecified atom stereocenters. The van der Waals surface area contributed by atoms with E-state index in [9.17, 15) is 0 Å². The highest BCUT2D eigenvalue weighted by Crippen LogP contribution is 2.39. The molecule has 0 amide bonds. The van der Waals surface area contributed by atoms with Crippen molar-refractivity contribution in [3.63, 3.8) is 0 Å². The fourth-order valence-electron chi connectivity index (χ4n) is 4.33. The molecule has 0 aliphatic carbocycles. The molecule has 0 spiro atoms. The first-order valence-electron chi connectivity index (χ1n) is 10.9. The van der Waals surface area contributed by atoms with E-state index in [4.69, 9.17) is 9.73 Å². The van der Waals surface area contributed by atoms with Gasteiger partial charge in [-0.3, -0.25) is 0 Å². The lowest BCUT2D eigenvalue weighted by Crippen LogP contribution is -2.52. The third-order valence-electron chi connectivity index (χ3n) is 5.97.